The lowest BCUT2D eigenvalue weighted by molar-refractivity contribution is -0.135. The first-order chi connectivity index (χ1) is 11.6. The van der Waals surface area contributed by atoms with Gasteiger partial charge in [-0.25, -0.2) is 0 Å². The van der Waals surface area contributed by atoms with E-state index >= 15 is 0 Å². The largest absolute Gasteiger partial charge is 0.327 e. The van der Waals surface area contributed by atoms with Crippen molar-refractivity contribution in [1.29, 1.82) is 5.26 Å². The highest BCUT2D eigenvalue weighted by molar-refractivity contribution is 5.80. The summed E-state index contributed by atoms with van der Waals surface area (Å²) in [6.45, 7) is 4.43. The summed E-state index contributed by atoms with van der Waals surface area (Å²) >= 11 is 0. The summed E-state index contributed by atoms with van der Waals surface area (Å²) in [5.41, 5.74) is 2.63. The molecule has 1 N–H and O–H groups in total. The molecule has 1 aliphatic rings. The van der Waals surface area contributed by atoms with Crippen molar-refractivity contribution >= 4 is 16.8 Å². The minimum Gasteiger partial charge on any atom is -0.327 e. The van der Waals surface area contributed by atoms with Gasteiger partial charge in [-0.1, -0.05) is 19.1 Å². The lowest BCUT2D eigenvalue weighted by Crippen LogP contribution is -2.49. The van der Waals surface area contributed by atoms with Crippen LogP contribution < -0.4 is 5.56 Å². The maximum atomic E-state index is 12.0. The van der Waals surface area contributed by atoms with Crippen molar-refractivity contribution in [2.24, 2.45) is 0 Å². The number of amides is 1. The lowest BCUT2D eigenvalue weighted by atomic mass is 10.1. The quantitative estimate of drug-likeness (QED) is 0.859. The second-order valence-electron chi connectivity index (χ2n) is 6.08. The van der Waals surface area contributed by atoms with E-state index in [1.165, 1.54) is 0 Å². The molecule has 2 heterocycles. The summed E-state index contributed by atoms with van der Waals surface area (Å²) in [5, 5.41) is 9.73. The van der Waals surface area contributed by atoms with Crippen LogP contribution in [0.15, 0.2) is 29.1 Å². The van der Waals surface area contributed by atoms with Gasteiger partial charge in [-0.3, -0.25) is 14.5 Å². The molecule has 1 aromatic heterocycles. The number of aryl methyl sites for hydroxylation is 1. The summed E-state index contributed by atoms with van der Waals surface area (Å²) in [6, 6.07) is 9.97. The van der Waals surface area contributed by atoms with Crippen LogP contribution in [0.3, 0.4) is 0 Å². The van der Waals surface area contributed by atoms with Crippen molar-refractivity contribution in [2.45, 2.75) is 19.9 Å². The summed E-state index contributed by atoms with van der Waals surface area (Å²) in [4.78, 5) is 30.5. The molecule has 1 amide bonds. The molecule has 1 saturated heterocycles. The minimum atomic E-state index is -0.0394. The molecule has 3 rings (SSSR count). The molecule has 0 spiro atoms. The molecule has 2 aromatic rings. The summed E-state index contributed by atoms with van der Waals surface area (Å²) in [5.74, 6) is -0.00964. The van der Waals surface area contributed by atoms with Crippen LogP contribution in [0, 0.1) is 11.3 Å². The van der Waals surface area contributed by atoms with E-state index < -0.39 is 0 Å². The number of aromatic nitrogens is 1. The predicted octanol–water partition coefficient (Wildman–Crippen LogP) is 1.26. The van der Waals surface area contributed by atoms with E-state index in [-0.39, 0.29) is 18.0 Å². The monoisotopic (exact) mass is 324 g/mol. The maximum Gasteiger partial charge on any atom is 0.251 e. The highest BCUT2D eigenvalue weighted by atomic mass is 16.2. The van der Waals surface area contributed by atoms with E-state index in [4.69, 9.17) is 5.26 Å². The van der Waals surface area contributed by atoms with Gasteiger partial charge in [0.05, 0.1) is 12.6 Å². The van der Waals surface area contributed by atoms with Crippen LogP contribution in [0.1, 0.15) is 18.1 Å². The normalized spacial score (nSPS) is 15.7. The van der Waals surface area contributed by atoms with E-state index in [0.717, 1.165) is 28.6 Å². The Morgan fingerprint density at radius 3 is 2.79 bits per heavy atom. The first kappa shape index (κ1) is 16.2. The Bertz CT molecular complexity index is 865. The number of aromatic amines is 1. The third-order valence-corrected chi connectivity index (χ3v) is 4.43. The zero-order valence-electron chi connectivity index (χ0n) is 13.7. The standard InChI is InChI=1S/C18H20N4O2/c1-2-14-10-15-4-3-13(9-16(15)20-18(14)24)11-21-7-8-22(6-5-19)17(23)12-21/h3-4,9-10H,2,6-8,11-12H2,1H3,(H,20,24). The number of fused-ring (bicyclic) bond motifs is 1. The molecular weight excluding hydrogens is 304 g/mol. The number of nitriles is 1. The van der Waals surface area contributed by atoms with Crippen LogP contribution in [-0.4, -0.2) is 46.9 Å². The Hall–Kier alpha value is -2.65. The van der Waals surface area contributed by atoms with E-state index in [1.54, 1.807) is 4.90 Å². The molecular formula is C18H20N4O2. The van der Waals surface area contributed by atoms with Crippen LogP contribution in [0.2, 0.25) is 0 Å². The molecule has 0 bridgehead atoms. The summed E-state index contributed by atoms with van der Waals surface area (Å²) < 4.78 is 0. The molecule has 0 atom stereocenters. The van der Waals surface area contributed by atoms with Crippen molar-refractivity contribution in [3.8, 4) is 6.07 Å². The van der Waals surface area contributed by atoms with Gasteiger partial charge >= 0.3 is 0 Å². The zero-order chi connectivity index (χ0) is 17.1. The number of hydrogen-bond acceptors (Lipinski definition) is 4. The van der Waals surface area contributed by atoms with Gasteiger partial charge in [0, 0.05) is 30.7 Å². The van der Waals surface area contributed by atoms with Crippen LogP contribution in [-0.2, 0) is 17.8 Å². The van der Waals surface area contributed by atoms with Crippen LogP contribution in [0.4, 0.5) is 0 Å². The number of H-pyrrole nitrogens is 1. The van der Waals surface area contributed by atoms with Crippen molar-refractivity contribution in [1.82, 2.24) is 14.8 Å². The fourth-order valence-electron chi connectivity index (χ4n) is 3.06. The average molecular weight is 324 g/mol. The van der Waals surface area contributed by atoms with Gasteiger partial charge in [-0.2, -0.15) is 5.26 Å². The Labute approximate surface area is 140 Å². The summed E-state index contributed by atoms with van der Waals surface area (Å²) in [7, 11) is 0. The second-order valence-corrected chi connectivity index (χ2v) is 6.08. The molecule has 1 aromatic carbocycles. The van der Waals surface area contributed by atoms with Crippen molar-refractivity contribution in [3.05, 3.63) is 45.7 Å². The van der Waals surface area contributed by atoms with E-state index in [2.05, 4.69) is 9.88 Å². The Kier molecular flexibility index (Phi) is 4.63. The average Bonchev–Trinajstić information content (AvgIpc) is 2.57. The second kappa shape index (κ2) is 6.85. The molecule has 124 valence electrons. The third kappa shape index (κ3) is 3.31. The van der Waals surface area contributed by atoms with Crippen LogP contribution in [0.25, 0.3) is 10.9 Å². The molecule has 1 fully saturated rings. The fraction of sp³-hybridized carbons (Fsp3) is 0.389. The van der Waals surface area contributed by atoms with Gasteiger partial charge < -0.3 is 9.88 Å². The minimum absolute atomic E-state index is 0.00964. The van der Waals surface area contributed by atoms with Crippen molar-refractivity contribution in [2.75, 3.05) is 26.2 Å². The number of hydrogen-bond donors (Lipinski definition) is 1. The first-order valence-corrected chi connectivity index (χ1v) is 8.12. The highest BCUT2D eigenvalue weighted by Crippen LogP contribution is 2.16. The maximum absolute atomic E-state index is 12.0. The smallest absolute Gasteiger partial charge is 0.251 e. The molecule has 6 nitrogen and oxygen atoms in total. The van der Waals surface area contributed by atoms with Crippen molar-refractivity contribution in [3.63, 3.8) is 0 Å². The molecule has 0 unspecified atom stereocenters. The number of benzene rings is 1. The van der Waals surface area contributed by atoms with Gasteiger partial charge in [0.1, 0.15) is 6.54 Å². The van der Waals surface area contributed by atoms with Gasteiger partial charge in [0.25, 0.3) is 5.56 Å². The fourth-order valence-corrected chi connectivity index (χ4v) is 3.06. The molecule has 1 aliphatic heterocycles. The predicted molar refractivity (Wildman–Crippen MR) is 91.4 cm³/mol. The molecule has 0 radical (unpaired) electrons. The van der Waals surface area contributed by atoms with Gasteiger partial charge in [-0.05, 0) is 29.5 Å². The first-order valence-electron chi connectivity index (χ1n) is 8.12. The van der Waals surface area contributed by atoms with E-state index in [0.29, 0.717) is 26.1 Å². The van der Waals surface area contributed by atoms with Crippen LogP contribution >= 0.6 is 0 Å². The van der Waals surface area contributed by atoms with E-state index in [1.807, 2.05) is 37.3 Å². The Balaban J connectivity index is 1.75. The van der Waals surface area contributed by atoms with Crippen molar-refractivity contribution < 1.29 is 4.79 Å². The van der Waals surface area contributed by atoms with Gasteiger partial charge in [0.15, 0.2) is 0 Å². The Morgan fingerprint density at radius 1 is 1.25 bits per heavy atom. The molecule has 0 saturated carbocycles. The number of carbonyl (C=O) groups excluding carboxylic acids is 1. The number of nitrogens with zero attached hydrogens (tertiary/aromatic N) is 3. The molecule has 24 heavy (non-hydrogen) atoms. The van der Waals surface area contributed by atoms with Gasteiger partial charge in [0.2, 0.25) is 5.91 Å². The van der Waals surface area contributed by atoms with Gasteiger partial charge in [-0.15, -0.1) is 0 Å². The topological polar surface area (TPSA) is 80.2 Å². The SMILES string of the molecule is CCc1cc2ccc(CN3CCN(CC#N)C(=O)C3)cc2[nH]c1=O. The van der Waals surface area contributed by atoms with Crippen LogP contribution in [0.5, 0.6) is 0 Å². The molecule has 6 heteroatoms. The number of rotatable bonds is 4. The zero-order valence-corrected chi connectivity index (χ0v) is 13.7. The van der Waals surface area contributed by atoms with E-state index in [9.17, 15) is 9.59 Å². The number of carbonyl (C=O) groups is 1. The number of nitrogens with one attached hydrogen (secondary N) is 1. The molecule has 0 aliphatic carbocycles. The number of piperazine rings is 1. The number of pyridine rings is 1. The Morgan fingerprint density at radius 2 is 2.08 bits per heavy atom. The highest BCUT2D eigenvalue weighted by Gasteiger charge is 2.23. The third-order valence-electron chi connectivity index (χ3n) is 4.43. The summed E-state index contributed by atoms with van der Waals surface area (Å²) in [6.07, 6.45) is 0.710. The lowest BCUT2D eigenvalue weighted by Gasteiger charge is -2.32.